The number of nitrogens with zero attached hydrogens (tertiary/aromatic N) is 4. The molecule has 2 aliphatic heterocycles. The first-order valence-corrected chi connectivity index (χ1v) is 11.1. The zero-order valence-corrected chi connectivity index (χ0v) is 20.7. The van der Waals surface area contributed by atoms with Crippen LogP contribution in [0.3, 0.4) is 0 Å². The highest BCUT2D eigenvalue weighted by molar-refractivity contribution is 14.0. The van der Waals surface area contributed by atoms with Gasteiger partial charge in [-0.3, -0.25) is 9.89 Å². The second kappa shape index (κ2) is 13.2. The lowest BCUT2D eigenvalue weighted by atomic mass is 9.97. The number of nitrogens with one attached hydrogen (secondary N) is 1. The normalized spacial score (nSPS) is 24.6. The molecule has 0 aromatic carbocycles. The molecule has 2 unspecified atom stereocenters. The quantitative estimate of drug-likeness (QED) is 0.320. The second-order valence-electron chi connectivity index (χ2n) is 8.47. The maximum Gasteiger partial charge on any atom is 0.193 e. The van der Waals surface area contributed by atoms with E-state index < -0.39 is 0 Å². The average molecular weight is 494 g/mol. The predicted molar refractivity (Wildman–Crippen MR) is 128 cm³/mol. The number of likely N-dealkylation sites (N-methyl/N-ethyl adjacent to an activating group) is 1. The van der Waals surface area contributed by atoms with Gasteiger partial charge in [0.2, 0.25) is 0 Å². The predicted octanol–water partition coefficient (Wildman–Crippen LogP) is 3.35. The van der Waals surface area contributed by atoms with E-state index in [2.05, 4.69) is 54.6 Å². The smallest absolute Gasteiger partial charge is 0.193 e. The molecule has 0 aromatic rings. The highest BCUT2D eigenvalue weighted by Crippen LogP contribution is 2.19. The van der Waals surface area contributed by atoms with Crippen LogP contribution in [0, 0.1) is 11.8 Å². The number of hydrogen-bond donors (Lipinski definition) is 1. The van der Waals surface area contributed by atoms with Crippen molar-refractivity contribution in [3.63, 3.8) is 0 Å². The third-order valence-electron chi connectivity index (χ3n) is 5.85. The standard InChI is InChI=1S/C21H43N5.HI/c1-6-22-21(26-13-11-20(17-26)25(7-2)8-3)23-14-19-10-9-12-24(16-19)15-18(4)5;/h18-20H,6-17H2,1-5H3,(H,22,23);1H. The Kier molecular flexibility index (Phi) is 12.2. The highest BCUT2D eigenvalue weighted by atomic mass is 127. The van der Waals surface area contributed by atoms with E-state index in [4.69, 9.17) is 4.99 Å². The molecule has 2 aliphatic rings. The van der Waals surface area contributed by atoms with Gasteiger partial charge in [-0.25, -0.2) is 0 Å². The molecule has 0 aliphatic carbocycles. The summed E-state index contributed by atoms with van der Waals surface area (Å²) in [5.74, 6) is 2.62. The number of guanidine groups is 1. The number of halogens is 1. The Morgan fingerprint density at radius 3 is 2.48 bits per heavy atom. The van der Waals surface area contributed by atoms with Crippen molar-refractivity contribution in [2.24, 2.45) is 16.8 Å². The molecule has 0 bridgehead atoms. The van der Waals surface area contributed by atoms with Crippen LogP contribution in [-0.2, 0) is 0 Å². The number of rotatable bonds is 8. The Balaban J connectivity index is 0.00000364. The van der Waals surface area contributed by atoms with Crippen LogP contribution in [0.5, 0.6) is 0 Å². The largest absolute Gasteiger partial charge is 0.357 e. The van der Waals surface area contributed by atoms with Crippen LogP contribution in [0.25, 0.3) is 0 Å². The monoisotopic (exact) mass is 493 g/mol. The first kappa shape index (κ1) is 25.0. The van der Waals surface area contributed by atoms with Crippen LogP contribution >= 0.6 is 24.0 Å². The number of aliphatic imine (C=N–C) groups is 1. The Morgan fingerprint density at radius 1 is 1.11 bits per heavy atom. The van der Waals surface area contributed by atoms with Crippen molar-refractivity contribution in [3.05, 3.63) is 0 Å². The average Bonchev–Trinajstić information content (AvgIpc) is 3.09. The molecule has 0 amide bonds. The van der Waals surface area contributed by atoms with Crippen LogP contribution in [0.1, 0.15) is 53.9 Å². The van der Waals surface area contributed by atoms with Gasteiger partial charge in [0.25, 0.3) is 0 Å². The van der Waals surface area contributed by atoms with E-state index in [1.54, 1.807) is 0 Å². The fourth-order valence-corrected chi connectivity index (χ4v) is 4.60. The third-order valence-corrected chi connectivity index (χ3v) is 5.85. The molecule has 2 heterocycles. The molecule has 0 radical (unpaired) electrons. The van der Waals surface area contributed by atoms with Gasteiger partial charge in [0.15, 0.2) is 5.96 Å². The first-order chi connectivity index (χ1) is 12.6. The van der Waals surface area contributed by atoms with Crippen LogP contribution in [0.4, 0.5) is 0 Å². The zero-order chi connectivity index (χ0) is 18.9. The molecule has 160 valence electrons. The van der Waals surface area contributed by atoms with E-state index in [1.807, 2.05) is 0 Å². The van der Waals surface area contributed by atoms with Crippen molar-refractivity contribution in [3.8, 4) is 0 Å². The summed E-state index contributed by atoms with van der Waals surface area (Å²) < 4.78 is 0. The van der Waals surface area contributed by atoms with Gasteiger partial charge in [0.1, 0.15) is 0 Å². The zero-order valence-electron chi connectivity index (χ0n) is 18.4. The van der Waals surface area contributed by atoms with E-state index in [1.165, 1.54) is 38.9 Å². The van der Waals surface area contributed by atoms with Crippen molar-refractivity contribution in [2.75, 3.05) is 58.9 Å². The van der Waals surface area contributed by atoms with Gasteiger partial charge < -0.3 is 15.1 Å². The minimum Gasteiger partial charge on any atom is -0.357 e. The SMILES string of the molecule is CCNC(=NCC1CCCN(CC(C)C)C1)N1CCC(N(CC)CC)C1.I. The molecular formula is C21H44IN5. The minimum atomic E-state index is 0. The number of hydrogen-bond acceptors (Lipinski definition) is 3. The van der Waals surface area contributed by atoms with Crippen LogP contribution in [0.15, 0.2) is 4.99 Å². The number of likely N-dealkylation sites (tertiary alicyclic amines) is 2. The Bertz CT molecular complexity index is 425. The van der Waals surface area contributed by atoms with Gasteiger partial charge in [-0.15, -0.1) is 24.0 Å². The molecule has 5 nitrogen and oxygen atoms in total. The molecular weight excluding hydrogens is 449 g/mol. The third kappa shape index (κ3) is 8.05. The van der Waals surface area contributed by atoms with E-state index >= 15 is 0 Å². The van der Waals surface area contributed by atoms with Gasteiger partial charge >= 0.3 is 0 Å². The maximum absolute atomic E-state index is 5.06. The van der Waals surface area contributed by atoms with Crippen LogP contribution < -0.4 is 5.32 Å². The van der Waals surface area contributed by atoms with Gasteiger partial charge in [0, 0.05) is 45.3 Å². The molecule has 0 spiro atoms. The summed E-state index contributed by atoms with van der Waals surface area (Å²) in [6.07, 6.45) is 3.93. The van der Waals surface area contributed by atoms with Gasteiger partial charge in [0.05, 0.1) is 0 Å². The van der Waals surface area contributed by atoms with E-state index in [0.717, 1.165) is 57.1 Å². The van der Waals surface area contributed by atoms with Crippen molar-refractivity contribution in [2.45, 2.75) is 59.9 Å². The molecule has 0 aromatic heterocycles. The molecule has 1 N–H and O–H groups in total. The van der Waals surface area contributed by atoms with Crippen LogP contribution in [-0.4, -0.2) is 85.6 Å². The molecule has 27 heavy (non-hydrogen) atoms. The Labute approximate surface area is 185 Å². The fourth-order valence-electron chi connectivity index (χ4n) is 4.60. The van der Waals surface area contributed by atoms with Crippen molar-refractivity contribution in [1.29, 1.82) is 0 Å². The van der Waals surface area contributed by atoms with Crippen molar-refractivity contribution in [1.82, 2.24) is 20.0 Å². The molecule has 2 atom stereocenters. The summed E-state index contributed by atoms with van der Waals surface area (Å²) in [7, 11) is 0. The molecule has 0 saturated carbocycles. The van der Waals surface area contributed by atoms with Crippen molar-refractivity contribution < 1.29 is 0 Å². The summed E-state index contributed by atoms with van der Waals surface area (Å²) in [6.45, 7) is 21.6. The summed E-state index contributed by atoms with van der Waals surface area (Å²) in [6, 6.07) is 0.685. The number of piperidine rings is 1. The topological polar surface area (TPSA) is 34.1 Å². The second-order valence-corrected chi connectivity index (χ2v) is 8.47. The van der Waals surface area contributed by atoms with E-state index in [0.29, 0.717) is 6.04 Å². The Hall–Kier alpha value is -0.0800. The van der Waals surface area contributed by atoms with Gasteiger partial charge in [-0.05, 0) is 57.7 Å². The first-order valence-electron chi connectivity index (χ1n) is 11.1. The minimum absolute atomic E-state index is 0. The molecule has 6 heteroatoms. The van der Waals surface area contributed by atoms with Crippen LogP contribution in [0.2, 0.25) is 0 Å². The van der Waals surface area contributed by atoms with Crippen molar-refractivity contribution >= 4 is 29.9 Å². The lowest BCUT2D eigenvalue weighted by Gasteiger charge is -2.33. The summed E-state index contributed by atoms with van der Waals surface area (Å²) in [5.41, 5.74) is 0. The maximum atomic E-state index is 5.06. The summed E-state index contributed by atoms with van der Waals surface area (Å²) >= 11 is 0. The highest BCUT2D eigenvalue weighted by Gasteiger charge is 2.28. The summed E-state index contributed by atoms with van der Waals surface area (Å²) in [5, 5.41) is 3.55. The Morgan fingerprint density at radius 2 is 1.85 bits per heavy atom. The lowest BCUT2D eigenvalue weighted by Crippen LogP contribution is -2.44. The van der Waals surface area contributed by atoms with E-state index in [9.17, 15) is 0 Å². The fraction of sp³-hybridized carbons (Fsp3) is 0.952. The molecule has 2 rings (SSSR count). The van der Waals surface area contributed by atoms with Gasteiger partial charge in [-0.1, -0.05) is 27.7 Å². The van der Waals surface area contributed by atoms with E-state index in [-0.39, 0.29) is 24.0 Å². The van der Waals surface area contributed by atoms with Gasteiger partial charge in [-0.2, -0.15) is 0 Å². The summed E-state index contributed by atoms with van der Waals surface area (Å²) in [4.78, 5) is 12.8. The lowest BCUT2D eigenvalue weighted by molar-refractivity contribution is 0.162. The molecule has 2 fully saturated rings. The molecule has 2 saturated heterocycles.